The second kappa shape index (κ2) is 18.0. The van der Waals surface area contributed by atoms with Crippen molar-refractivity contribution in [1.29, 1.82) is 0 Å². The summed E-state index contributed by atoms with van der Waals surface area (Å²) in [6.45, 7) is 12.9. The number of carbonyl (C=O) groups is 2. The van der Waals surface area contributed by atoms with Gasteiger partial charge in [0, 0.05) is 52.0 Å². The van der Waals surface area contributed by atoms with E-state index < -0.39 is 38.8 Å². The fraction of sp³-hybridized carbons (Fsp3) is 0.500. The van der Waals surface area contributed by atoms with Crippen LogP contribution in [0.1, 0.15) is 110 Å². The number of hydrogen-bond donors (Lipinski definition) is 2. The third-order valence-corrected chi connectivity index (χ3v) is 16.2. The summed E-state index contributed by atoms with van der Waals surface area (Å²) in [6.07, 6.45) is 7.57. The number of aliphatic carboxylic acids is 1. The molecule has 1 atom stereocenters. The largest absolute Gasteiger partial charge is 0.481 e. The van der Waals surface area contributed by atoms with Gasteiger partial charge in [0.15, 0.2) is 5.54 Å². The van der Waals surface area contributed by atoms with Gasteiger partial charge in [0.25, 0.3) is 16.0 Å². The van der Waals surface area contributed by atoms with Crippen LogP contribution < -0.4 is 14.5 Å². The first kappa shape index (κ1) is 48.4. The van der Waals surface area contributed by atoms with Crippen molar-refractivity contribution in [2.75, 3.05) is 74.9 Å². The molecule has 3 aromatic rings. The summed E-state index contributed by atoms with van der Waals surface area (Å²) in [6, 6.07) is 3.92. The van der Waals surface area contributed by atoms with Gasteiger partial charge in [-0.05, 0) is 83.1 Å². The van der Waals surface area contributed by atoms with E-state index in [1.807, 2.05) is 26.0 Å². The normalized spacial score (nSPS) is 20.4. The molecule has 6 heterocycles. The van der Waals surface area contributed by atoms with E-state index >= 15 is 4.79 Å². The SMILES string of the molecule is CCC1=CC(C)(C)N2CCCc3c4c(cc1c32)C1(c2cc3c5c(c2O4)CCCN5C(C)(C)C=C3CS(=O)(=O)O)c2c(Cl)c(Cl)c(Cl)c(Cl)c2C(=O)N1OCCOCCOCCOCCC(=O)O. The van der Waals surface area contributed by atoms with Crippen molar-refractivity contribution in [3.8, 4) is 11.5 Å². The molecule has 1 spiro atoms. The molecule has 19 heteroatoms. The summed E-state index contributed by atoms with van der Waals surface area (Å²) in [7, 11) is -4.53. The number of benzene rings is 3. The summed E-state index contributed by atoms with van der Waals surface area (Å²) in [4.78, 5) is 37.6. The Balaban J connectivity index is 1.25. The Morgan fingerprint density at radius 3 is 1.76 bits per heavy atom. The van der Waals surface area contributed by atoms with Gasteiger partial charge < -0.3 is 33.9 Å². The predicted octanol–water partition coefficient (Wildman–Crippen LogP) is 9.76. The van der Waals surface area contributed by atoms with E-state index in [0.717, 1.165) is 53.0 Å². The topological polar surface area (TPSA) is 165 Å². The van der Waals surface area contributed by atoms with Crippen LogP contribution in [0.3, 0.4) is 0 Å². The molecule has 360 valence electrons. The van der Waals surface area contributed by atoms with Crippen LogP contribution in [0.5, 0.6) is 11.5 Å². The highest BCUT2D eigenvalue weighted by Gasteiger charge is 2.62. The molecule has 14 nitrogen and oxygen atoms in total. The van der Waals surface area contributed by atoms with E-state index in [0.29, 0.717) is 59.6 Å². The van der Waals surface area contributed by atoms with Gasteiger partial charge in [-0.1, -0.05) is 65.5 Å². The maximum absolute atomic E-state index is 15.5. The zero-order valence-electron chi connectivity index (χ0n) is 38.0. The molecular weight excluding hydrogens is 968 g/mol. The highest BCUT2D eigenvalue weighted by molar-refractivity contribution is 7.86. The standard InChI is InChI=1S/C48H53Cl4N3O11S/c1-6-26-23-46(2,3)53-12-7-9-28-41(53)30(26)21-32-43(28)66-44-29-10-8-13-54-42(29)31(27(24-47(54,4)5)25-67(59,60)61)22-33(44)48(32)36-35(37(49)39(51)40(52)38(36)50)45(58)55(48)65-20-19-64-18-17-63-16-15-62-14-11-34(56)57/h21-24H,6-20,25H2,1-5H3,(H,56,57)(H,59,60,61). The first-order valence-corrected chi connectivity index (χ1v) is 25.7. The van der Waals surface area contributed by atoms with E-state index in [1.54, 1.807) is 0 Å². The van der Waals surface area contributed by atoms with Crippen molar-refractivity contribution in [3.05, 3.63) is 88.9 Å². The van der Waals surface area contributed by atoms with Gasteiger partial charge in [-0.2, -0.15) is 13.5 Å². The van der Waals surface area contributed by atoms with Crippen LogP contribution in [0.15, 0.2) is 24.3 Å². The Bertz CT molecular complexity index is 2780. The van der Waals surface area contributed by atoms with Crippen LogP contribution in [0.2, 0.25) is 20.1 Å². The molecule has 0 saturated heterocycles. The molecule has 0 aliphatic carbocycles. The van der Waals surface area contributed by atoms with Gasteiger partial charge >= 0.3 is 5.97 Å². The number of allylic oxidation sites excluding steroid dienone is 1. The summed E-state index contributed by atoms with van der Waals surface area (Å²) in [5, 5.41) is 9.80. The van der Waals surface area contributed by atoms with Gasteiger partial charge in [0.1, 0.15) is 17.3 Å². The molecular formula is C48H53Cl4N3O11S. The fourth-order valence-corrected chi connectivity index (χ4v) is 12.7. The maximum Gasteiger partial charge on any atom is 0.305 e. The van der Waals surface area contributed by atoms with Gasteiger partial charge in [0.05, 0.1) is 101 Å². The van der Waals surface area contributed by atoms with Crippen LogP contribution >= 0.6 is 46.4 Å². The number of nitrogens with zero attached hydrogens (tertiary/aromatic N) is 3. The number of amides is 1. The second-order valence-corrected chi connectivity index (χ2v) is 21.7. The lowest BCUT2D eigenvalue weighted by Crippen LogP contribution is -2.51. The molecule has 6 aliphatic heterocycles. The molecule has 9 rings (SSSR count). The number of carbonyl (C=O) groups excluding carboxylic acids is 1. The number of hydrogen-bond acceptors (Lipinski definition) is 11. The number of rotatable bonds is 16. The number of hydroxylamine groups is 2. The van der Waals surface area contributed by atoms with Crippen LogP contribution in [0.25, 0.3) is 11.1 Å². The summed E-state index contributed by atoms with van der Waals surface area (Å²) in [5.41, 5.74) is 5.15. The lowest BCUT2D eigenvalue weighted by Gasteiger charge is -2.51. The second-order valence-electron chi connectivity index (χ2n) is 18.7. The molecule has 2 N–H and O–H groups in total. The predicted molar refractivity (Wildman–Crippen MR) is 258 cm³/mol. The molecule has 0 saturated carbocycles. The van der Waals surface area contributed by atoms with E-state index in [4.69, 9.17) is 75.3 Å². The molecule has 0 bridgehead atoms. The van der Waals surface area contributed by atoms with E-state index in [1.165, 1.54) is 5.06 Å². The number of anilines is 2. The Kier molecular flexibility index (Phi) is 13.0. The van der Waals surface area contributed by atoms with Gasteiger partial charge in [-0.25, -0.2) is 0 Å². The lowest BCUT2D eigenvalue weighted by atomic mass is 9.69. The summed E-state index contributed by atoms with van der Waals surface area (Å²) < 4.78 is 60.3. The average molecular weight is 1020 g/mol. The minimum Gasteiger partial charge on any atom is -0.481 e. The lowest BCUT2D eigenvalue weighted by molar-refractivity contribution is -0.171. The highest BCUT2D eigenvalue weighted by atomic mass is 35.5. The Hall–Kier alpha value is -3.61. The Morgan fingerprint density at radius 1 is 0.746 bits per heavy atom. The minimum absolute atomic E-state index is 0.0111. The smallest absolute Gasteiger partial charge is 0.305 e. The summed E-state index contributed by atoms with van der Waals surface area (Å²) in [5.74, 6) is -1.22. The molecule has 0 aromatic heterocycles. The number of carboxylic acid groups (broad SMARTS) is 1. The quantitative estimate of drug-likeness (QED) is 0.0604. The zero-order chi connectivity index (χ0) is 48.0. The van der Waals surface area contributed by atoms with Crippen molar-refractivity contribution >= 4 is 90.9 Å². The molecule has 67 heavy (non-hydrogen) atoms. The third kappa shape index (κ3) is 8.02. The molecule has 6 aliphatic rings. The van der Waals surface area contributed by atoms with E-state index in [-0.39, 0.29) is 89.4 Å². The van der Waals surface area contributed by atoms with Crippen LogP contribution in [-0.2, 0) is 52.3 Å². The van der Waals surface area contributed by atoms with Gasteiger partial charge in [-0.15, -0.1) is 0 Å². The molecule has 0 fully saturated rings. The minimum atomic E-state index is -4.53. The molecule has 0 radical (unpaired) electrons. The molecule has 3 aromatic carbocycles. The Morgan fingerprint density at radius 2 is 1.24 bits per heavy atom. The van der Waals surface area contributed by atoms with Crippen molar-refractivity contribution in [3.63, 3.8) is 0 Å². The molecule has 1 amide bonds. The van der Waals surface area contributed by atoms with E-state index in [9.17, 15) is 17.8 Å². The molecule has 1 unspecified atom stereocenters. The number of fused-ring (bicyclic) bond motifs is 8. The van der Waals surface area contributed by atoms with Crippen molar-refractivity contribution in [2.24, 2.45) is 0 Å². The highest BCUT2D eigenvalue weighted by Crippen LogP contribution is 2.66. The first-order chi connectivity index (χ1) is 31.7. The number of halogens is 4. The van der Waals surface area contributed by atoms with Crippen molar-refractivity contribution < 1.29 is 51.5 Å². The third-order valence-electron chi connectivity index (χ3n) is 13.7. The van der Waals surface area contributed by atoms with Gasteiger partial charge in [0.2, 0.25) is 0 Å². The number of carboxylic acids is 1. The summed E-state index contributed by atoms with van der Waals surface area (Å²) >= 11 is 28.4. The van der Waals surface area contributed by atoms with Crippen LogP contribution in [0, 0.1) is 0 Å². The van der Waals surface area contributed by atoms with Gasteiger partial charge in [-0.3, -0.25) is 19.0 Å². The van der Waals surface area contributed by atoms with Crippen LogP contribution in [-0.4, -0.2) is 111 Å². The van der Waals surface area contributed by atoms with Crippen LogP contribution in [0.4, 0.5) is 11.4 Å². The first-order valence-electron chi connectivity index (χ1n) is 22.6. The van der Waals surface area contributed by atoms with Crippen molar-refractivity contribution in [1.82, 2.24) is 5.06 Å². The maximum atomic E-state index is 15.5. The van der Waals surface area contributed by atoms with Crippen molar-refractivity contribution in [2.45, 2.75) is 89.8 Å². The fourth-order valence-electron chi connectivity index (χ4n) is 11.0. The zero-order valence-corrected chi connectivity index (χ0v) is 41.8. The average Bonchev–Trinajstić information content (AvgIpc) is 3.52. The Labute approximate surface area is 410 Å². The monoisotopic (exact) mass is 1020 g/mol. The van der Waals surface area contributed by atoms with E-state index in [2.05, 4.69) is 42.7 Å². The number of ether oxygens (including phenoxy) is 4.